The lowest BCUT2D eigenvalue weighted by atomic mass is 9.83. The lowest BCUT2D eigenvalue weighted by Crippen LogP contribution is -2.16. The van der Waals surface area contributed by atoms with Crippen LogP contribution < -0.4 is 0 Å². The van der Waals surface area contributed by atoms with Crippen molar-refractivity contribution in [3.05, 3.63) is 29.8 Å². The van der Waals surface area contributed by atoms with Crippen molar-refractivity contribution >= 4 is 9.84 Å². The Morgan fingerprint density at radius 1 is 1.06 bits per heavy atom. The van der Waals surface area contributed by atoms with Crippen LogP contribution in [0.3, 0.4) is 0 Å². The van der Waals surface area contributed by atoms with Crippen molar-refractivity contribution in [1.82, 2.24) is 0 Å². The Bertz CT molecular complexity index is 468. The van der Waals surface area contributed by atoms with Gasteiger partial charge in [-0.1, -0.05) is 12.1 Å². The zero-order chi connectivity index (χ0) is 12.5. The molecule has 0 spiro atoms. The maximum atomic E-state index is 11.3. The highest BCUT2D eigenvalue weighted by molar-refractivity contribution is 7.90. The van der Waals surface area contributed by atoms with Crippen molar-refractivity contribution in [2.75, 3.05) is 6.26 Å². The Labute approximate surface area is 102 Å². The summed E-state index contributed by atoms with van der Waals surface area (Å²) in [6.45, 7) is 0. The summed E-state index contributed by atoms with van der Waals surface area (Å²) in [6.07, 6.45) is 4.73. The second-order valence-electron chi connectivity index (χ2n) is 4.85. The van der Waals surface area contributed by atoms with Gasteiger partial charge in [0.05, 0.1) is 11.0 Å². The van der Waals surface area contributed by atoms with Gasteiger partial charge in [-0.15, -0.1) is 0 Å². The number of hydrogen-bond donors (Lipinski definition) is 1. The summed E-state index contributed by atoms with van der Waals surface area (Å²) in [5.74, 6) is 0.465. The van der Waals surface area contributed by atoms with E-state index in [9.17, 15) is 13.5 Å². The molecule has 0 atom stereocenters. The maximum Gasteiger partial charge on any atom is 0.175 e. The first-order chi connectivity index (χ1) is 7.97. The first kappa shape index (κ1) is 12.6. The molecule has 1 aromatic carbocycles. The van der Waals surface area contributed by atoms with E-state index in [1.54, 1.807) is 12.1 Å². The molecule has 1 N–H and O–H groups in total. The van der Waals surface area contributed by atoms with Gasteiger partial charge in [-0.3, -0.25) is 0 Å². The summed E-state index contributed by atoms with van der Waals surface area (Å²) in [5, 5.41) is 9.45. The van der Waals surface area contributed by atoms with Crippen molar-refractivity contribution in [2.45, 2.75) is 42.6 Å². The van der Waals surface area contributed by atoms with Gasteiger partial charge in [-0.2, -0.15) is 0 Å². The maximum absolute atomic E-state index is 11.3. The van der Waals surface area contributed by atoms with Crippen LogP contribution in [0.25, 0.3) is 0 Å². The third-order valence-corrected chi connectivity index (χ3v) is 4.60. The van der Waals surface area contributed by atoms with Crippen LogP contribution in [0.1, 0.15) is 37.2 Å². The summed E-state index contributed by atoms with van der Waals surface area (Å²) < 4.78 is 22.7. The molecule has 1 aliphatic rings. The van der Waals surface area contributed by atoms with Crippen molar-refractivity contribution < 1.29 is 13.5 Å². The molecule has 17 heavy (non-hydrogen) atoms. The normalized spacial score (nSPS) is 25.8. The second kappa shape index (κ2) is 4.78. The number of rotatable bonds is 2. The molecule has 94 valence electrons. The van der Waals surface area contributed by atoms with Gasteiger partial charge in [0.2, 0.25) is 0 Å². The second-order valence-corrected chi connectivity index (χ2v) is 6.86. The highest BCUT2D eigenvalue weighted by Gasteiger charge is 2.20. The Balaban J connectivity index is 2.13. The fraction of sp³-hybridized carbons (Fsp3) is 0.538. The predicted molar refractivity (Wildman–Crippen MR) is 66.8 cm³/mol. The molecular weight excluding hydrogens is 236 g/mol. The fourth-order valence-corrected chi connectivity index (χ4v) is 3.03. The molecule has 4 heteroatoms. The molecule has 1 aliphatic carbocycles. The molecule has 0 aliphatic heterocycles. The van der Waals surface area contributed by atoms with E-state index in [1.807, 2.05) is 12.1 Å². The van der Waals surface area contributed by atoms with Crippen LogP contribution >= 0.6 is 0 Å². The van der Waals surface area contributed by atoms with E-state index in [1.165, 1.54) is 11.8 Å². The highest BCUT2D eigenvalue weighted by Crippen LogP contribution is 2.33. The molecule has 0 radical (unpaired) electrons. The monoisotopic (exact) mass is 254 g/mol. The quantitative estimate of drug-likeness (QED) is 0.879. The van der Waals surface area contributed by atoms with E-state index in [0.717, 1.165) is 25.7 Å². The minimum Gasteiger partial charge on any atom is -0.393 e. The van der Waals surface area contributed by atoms with Crippen molar-refractivity contribution in [2.24, 2.45) is 0 Å². The topological polar surface area (TPSA) is 54.4 Å². The molecular formula is C13H18O3S. The lowest BCUT2D eigenvalue weighted by molar-refractivity contribution is 0.122. The highest BCUT2D eigenvalue weighted by atomic mass is 32.2. The van der Waals surface area contributed by atoms with Crippen molar-refractivity contribution in [1.29, 1.82) is 0 Å². The smallest absolute Gasteiger partial charge is 0.175 e. The third-order valence-electron chi connectivity index (χ3n) is 3.48. The molecule has 1 fully saturated rings. The van der Waals surface area contributed by atoms with Crippen molar-refractivity contribution in [3.63, 3.8) is 0 Å². The van der Waals surface area contributed by atoms with Crippen LogP contribution in [-0.4, -0.2) is 25.9 Å². The molecule has 1 aromatic rings. The van der Waals surface area contributed by atoms with E-state index in [4.69, 9.17) is 0 Å². The van der Waals surface area contributed by atoms with Gasteiger partial charge in [0.25, 0.3) is 0 Å². The molecule has 0 aromatic heterocycles. The molecule has 1 saturated carbocycles. The zero-order valence-corrected chi connectivity index (χ0v) is 10.8. The van der Waals surface area contributed by atoms with E-state index in [2.05, 4.69) is 0 Å². The Kier molecular flexibility index (Phi) is 3.54. The third kappa shape index (κ3) is 3.07. The summed E-state index contributed by atoms with van der Waals surface area (Å²) >= 11 is 0. The van der Waals surface area contributed by atoms with Gasteiger partial charge in [-0.05, 0) is 49.3 Å². The molecule has 3 nitrogen and oxygen atoms in total. The molecule has 0 unspecified atom stereocenters. The van der Waals surface area contributed by atoms with Gasteiger partial charge < -0.3 is 5.11 Å². The number of aliphatic hydroxyl groups excluding tert-OH is 1. The Hall–Kier alpha value is -0.870. The minimum atomic E-state index is -3.10. The minimum absolute atomic E-state index is 0.151. The van der Waals surface area contributed by atoms with Crippen LogP contribution in [0.5, 0.6) is 0 Å². The zero-order valence-electron chi connectivity index (χ0n) is 9.96. The summed E-state index contributed by atoms with van der Waals surface area (Å²) in [7, 11) is -3.10. The average Bonchev–Trinajstić information content (AvgIpc) is 2.29. The van der Waals surface area contributed by atoms with Gasteiger partial charge in [0.15, 0.2) is 9.84 Å². The van der Waals surface area contributed by atoms with Crippen LogP contribution in [-0.2, 0) is 9.84 Å². The first-order valence-corrected chi connectivity index (χ1v) is 7.84. The number of aliphatic hydroxyl groups is 1. The largest absolute Gasteiger partial charge is 0.393 e. The van der Waals surface area contributed by atoms with Crippen molar-refractivity contribution in [3.8, 4) is 0 Å². The van der Waals surface area contributed by atoms with Gasteiger partial charge in [0, 0.05) is 6.26 Å². The van der Waals surface area contributed by atoms with Gasteiger partial charge in [-0.25, -0.2) is 8.42 Å². The van der Waals surface area contributed by atoms with Crippen LogP contribution in [0.2, 0.25) is 0 Å². The van der Waals surface area contributed by atoms with E-state index < -0.39 is 9.84 Å². The van der Waals surface area contributed by atoms with Gasteiger partial charge >= 0.3 is 0 Å². The molecule has 0 saturated heterocycles. The standard InChI is InChI=1S/C13H18O3S/c1-17(15,16)13-8-4-11(5-9-13)10-2-6-12(14)7-3-10/h4-5,8-10,12,14H,2-3,6-7H2,1H3/t10-,12+. The van der Waals surface area contributed by atoms with E-state index >= 15 is 0 Å². The summed E-state index contributed by atoms with van der Waals surface area (Å²) in [4.78, 5) is 0.372. The summed E-state index contributed by atoms with van der Waals surface area (Å²) in [5.41, 5.74) is 1.18. The van der Waals surface area contributed by atoms with Crippen LogP contribution in [0.15, 0.2) is 29.2 Å². The summed E-state index contributed by atoms with van der Waals surface area (Å²) in [6, 6.07) is 7.16. The lowest BCUT2D eigenvalue weighted by Gasteiger charge is -2.25. The van der Waals surface area contributed by atoms with E-state index in [0.29, 0.717) is 10.8 Å². The fourth-order valence-electron chi connectivity index (χ4n) is 2.40. The van der Waals surface area contributed by atoms with Crippen LogP contribution in [0, 0.1) is 0 Å². The average molecular weight is 254 g/mol. The molecule has 0 heterocycles. The molecule has 0 bridgehead atoms. The number of sulfone groups is 1. The van der Waals surface area contributed by atoms with E-state index in [-0.39, 0.29) is 6.10 Å². The molecule has 2 rings (SSSR count). The Morgan fingerprint density at radius 2 is 1.59 bits per heavy atom. The Morgan fingerprint density at radius 3 is 2.06 bits per heavy atom. The number of hydrogen-bond acceptors (Lipinski definition) is 3. The first-order valence-electron chi connectivity index (χ1n) is 5.95. The number of benzene rings is 1. The van der Waals surface area contributed by atoms with Crippen LogP contribution in [0.4, 0.5) is 0 Å². The molecule has 0 amide bonds. The van der Waals surface area contributed by atoms with Gasteiger partial charge in [0.1, 0.15) is 0 Å². The predicted octanol–water partition coefficient (Wildman–Crippen LogP) is 2.11. The SMILES string of the molecule is CS(=O)(=O)c1ccc([C@H]2CC[C@@H](O)CC2)cc1.